The molecule has 2 N–H and O–H groups in total. The Balaban J connectivity index is 2.52. The first-order valence-electron chi connectivity index (χ1n) is 9.03. The van der Waals surface area contributed by atoms with E-state index in [1.165, 1.54) is 0 Å². The number of ether oxygens (including phenoxy) is 1. The summed E-state index contributed by atoms with van der Waals surface area (Å²) in [5.41, 5.74) is 1.36. The third-order valence-corrected chi connectivity index (χ3v) is 5.17. The number of aliphatic hydroxyl groups is 1. The van der Waals surface area contributed by atoms with E-state index < -0.39 is 5.97 Å². The van der Waals surface area contributed by atoms with Crippen LogP contribution >= 0.6 is 12.2 Å². The molecule has 1 saturated heterocycles. The molecule has 0 saturated carbocycles. The first-order valence-corrected chi connectivity index (χ1v) is 9.44. The summed E-state index contributed by atoms with van der Waals surface area (Å²) in [5, 5.41) is 11.7. The molecule has 5 nitrogen and oxygen atoms in total. The van der Waals surface area contributed by atoms with E-state index in [1.807, 2.05) is 6.92 Å². The molecule has 138 valence electrons. The summed E-state index contributed by atoms with van der Waals surface area (Å²) >= 11 is 5.69. The quantitative estimate of drug-likeness (QED) is 0.600. The van der Waals surface area contributed by atoms with Crippen molar-refractivity contribution < 1.29 is 14.6 Å². The lowest BCUT2D eigenvalue weighted by Crippen LogP contribution is -2.32. The Morgan fingerprint density at radius 1 is 1.44 bits per heavy atom. The molecule has 1 aliphatic rings. The molecular formula is C19H28N2O3S. The van der Waals surface area contributed by atoms with Gasteiger partial charge >= 0.3 is 5.97 Å². The zero-order valence-electron chi connectivity index (χ0n) is 15.5. The molecule has 0 bridgehead atoms. The van der Waals surface area contributed by atoms with E-state index in [-0.39, 0.29) is 5.76 Å². The van der Waals surface area contributed by atoms with Gasteiger partial charge in [0.25, 0.3) is 0 Å². The summed E-state index contributed by atoms with van der Waals surface area (Å²) in [6.07, 6.45) is 2.41. The van der Waals surface area contributed by atoms with Crippen LogP contribution in [-0.2, 0) is 4.74 Å². The van der Waals surface area contributed by atoms with Gasteiger partial charge in [0.2, 0.25) is 0 Å². The molecule has 1 fully saturated rings. The van der Waals surface area contributed by atoms with Gasteiger partial charge in [0.1, 0.15) is 16.4 Å². The number of nitrogens with zero attached hydrogens (tertiary/aromatic N) is 1. The zero-order chi connectivity index (χ0) is 18.6. The molecule has 0 radical (unpaired) electrons. The molecule has 1 aromatic rings. The summed E-state index contributed by atoms with van der Waals surface area (Å²) in [6, 6.07) is 1.76. The lowest BCUT2D eigenvalue weighted by atomic mass is 10.1. The smallest absolute Gasteiger partial charge is 0.354 e. The van der Waals surface area contributed by atoms with Crippen molar-refractivity contribution in [2.45, 2.75) is 47.0 Å². The number of hydrogen-bond acceptors (Lipinski definition) is 4. The van der Waals surface area contributed by atoms with Crippen LogP contribution in [0.5, 0.6) is 0 Å². The van der Waals surface area contributed by atoms with Gasteiger partial charge in [-0.3, -0.25) is 0 Å². The highest BCUT2D eigenvalue weighted by molar-refractivity contribution is 7.81. The fourth-order valence-electron chi connectivity index (χ4n) is 2.99. The van der Waals surface area contributed by atoms with Crippen LogP contribution in [0.15, 0.2) is 6.07 Å². The van der Waals surface area contributed by atoms with E-state index in [9.17, 15) is 9.90 Å². The monoisotopic (exact) mass is 364 g/mol. The number of esters is 1. The molecule has 0 aromatic carbocycles. The maximum absolute atomic E-state index is 12.1. The minimum atomic E-state index is -0.417. The van der Waals surface area contributed by atoms with Gasteiger partial charge in [0, 0.05) is 24.7 Å². The van der Waals surface area contributed by atoms with Crippen molar-refractivity contribution in [3.8, 4) is 0 Å². The van der Waals surface area contributed by atoms with E-state index in [1.54, 1.807) is 13.0 Å². The van der Waals surface area contributed by atoms with Gasteiger partial charge in [-0.15, -0.1) is 0 Å². The zero-order valence-corrected chi connectivity index (χ0v) is 16.3. The largest absolute Gasteiger partial charge is 0.510 e. The lowest BCUT2D eigenvalue weighted by molar-refractivity contribution is 0.0520. The molecule has 1 aliphatic heterocycles. The van der Waals surface area contributed by atoms with Gasteiger partial charge in [0.05, 0.1) is 12.0 Å². The first kappa shape index (κ1) is 19.5. The Kier molecular flexibility index (Phi) is 6.64. The van der Waals surface area contributed by atoms with Crippen LogP contribution in [0.25, 0.3) is 11.3 Å². The average molecular weight is 365 g/mol. The Hall–Kier alpha value is -1.82. The van der Waals surface area contributed by atoms with E-state index in [0.29, 0.717) is 30.0 Å². The van der Waals surface area contributed by atoms with Gasteiger partial charge < -0.3 is 19.7 Å². The summed E-state index contributed by atoms with van der Waals surface area (Å²) in [4.78, 5) is 18.1. The predicted molar refractivity (Wildman–Crippen MR) is 104 cm³/mol. The third kappa shape index (κ3) is 4.24. The highest BCUT2D eigenvalue weighted by Crippen LogP contribution is 2.20. The maximum Gasteiger partial charge on any atom is 0.354 e. The number of nitrogens with one attached hydrogen (secondary N) is 1. The van der Waals surface area contributed by atoms with Crippen LogP contribution < -0.4 is 10.6 Å². The number of likely N-dealkylation sites (tertiary alicyclic amines) is 1. The van der Waals surface area contributed by atoms with Crippen molar-refractivity contribution in [1.82, 2.24) is 9.88 Å². The number of hydrogen-bond donors (Lipinski definition) is 2. The highest BCUT2D eigenvalue weighted by atomic mass is 32.1. The van der Waals surface area contributed by atoms with Gasteiger partial charge in [-0.05, 0) is 30.9 Å². The minimum absolute atomic E-state index is 0.223. The number of rotatable bonds is 6. The first-order chi connectivity index (χ1) is 11.9. The number of H-pyrrole nitrogens is 1. The summed E-state index contributed by atoms with van der Waals surface area (Å²) in [5.74, 6) is 0.384. The topological polar surface area (TPSA) is 65.6 Å². The summed E-state index contributed by atoms with van der Waals surface area (Å²) < 4.78 is 5.07. The van der Waals surface area contributed by atoms with Crippen molar-refractivity contribution in [2.24, 2.45) is 5.92 Å². The molecule has 6 heteroatoms. The van der Waals surface area contributed by atoms with E-state index in [4.69, 9.17) is 17.0 Å². The van der Waals surface area contributed by atoms with Crippen molar-refractivity contribution in [1.29, 1.82) is 0 Å². The number of aliphatic hydroxyl groups excluding tert-OH is 1. The SMILES string of the molecule is CCOC(=O)c1cc(=C2\CCN(CC(C)CC)C2=S)/c(=C(/O)CC)[nH]1. The second-order valence-corrected chi connectivity index (χ2v) is 6.87. The van der Waals surface area contributed by atoms with Gasteiger partial charge in [-0.1, -0.05) is 39.4 Å². The molecule has 0 spiro atoms. The van der Waals surface area contributed by atoms with Crippen molar-refractivity contribution in [2.75, 3.05) is 19.7 Å². The number of carbonyl (C=O) groups excluding carboxylic acids is 1. The molecule has 25 heavy (non-hydrogen) atoms. The lowest BCUT2D eigenvalue weighted by Gasteiger charge is -2.21. The Morgan fingerprint density at radius 2 is 2.16 bits per heavy atom. The molecule has 2 heterocycles. The molecule has 0 amide bonds. The fraction of sp³-hybridized carbons (Fsp3) is 0.579. The normalized spacial score (nSPS) is 19.2. The van der Waals surface area contributed by atoms with Gasteiger partial charge in [-0.2, -0.15) is 0 Å². The second kappa shape index (κ2) is 8.52. The molecular weight excluding hydrogens is 336 g/mol. The van der Waals surface area contributed by atoms with Gasteiger partial charge in [-0.25, -0.2) is 4.79 Å². The second-order valence-electron chi connectivity index (χ2n) is 6.49. The number of aromatic amines is 1. The van der Waals surface area contributed by atoms with Gasteiger partial charge in [0.15, 0.2) is 0 Å². The van der Waals surface area contributed by atoms with Crippen molar-refractivity contribution in [3.05, 3.63) is 22.3 Å². The van der Waals surface area contributed by atoms with E-state index in [2.05, 4.69) is 23.7 Å². The number of aromatic nitrogens is 1. The standard InChI is InChI=1S/C19H28N2O3S/c1-5-12(4)11-21-9-8-13(18(21)25)14-10-15(19(23)24-7-3)20-17(14)16(22)6-2/h10,12,20,22H,5-9,11H2,1-4H3/b14-13-,17-16-. The van der Waals surface area contributed by atoms with Crippen molar-refractivity contribution in [3.63, 3.8) is 0 Å². The Morgan fingerprint density at radius 3 is 2.76 bits per heavy atom. The fourth-order valence-corrected chi connectivity index (χ4v) is 3.37. The van der Waals surface area contributed by atoms with E-state index in [0.717, 1.165) is 41.7 Å². The molecule has 2 rings (SSSR count). The summed E-state index contributed by atoms with van der Waals surface area (Å²) in [6.45, 7) is 10.2. The van der Waals surface area contributed by atoms with E-state index >= 15 is 0 Å². The average Bonchev–Trinajstić information content (AvgIpc) is 3.19. The van der Waals surface area contributed by atoms with Crippen LogP contribution in [0, 0.1) is 5.92 Å². The Labute approximate surface area is 154 Å². The number of carbonyl (C=O) groups is 1. The van der Waals surface area contributed by atoms with Crippen molar-refractivity contribution >= 4 is 34.5 Å². The van der Waals surface area contributed by atoms with Crippen LogP contribution in [0.2, 0.25) is 0 Å². The highest BCUT2D eigenvalue weighted by Gasteiger charge is 2.25. The maximum atomic E-state index is 12.1. The van der Waals surface area contributed by atoms with Crippen LogP contribution in [0.4, 0.5) is 0 Å². The van der Waals surface area contributed by atoms with Crippen LogP contribution in [0.3, 0.4) is 0 Å². The molecule has 1 aromatic heterocycles. The molecule has 1 atom stereocenters. The van der Waals surface area contributed by atoms with Crippen LogP contribution in [-0.4, -0.2) is 45.6 Å². The number of thiocarbonyl (C=S) groups is 1. The minimum Gasteiger partial charge on any atom is -0.510 e. The summed E-state index contributed by atoms with van der Waals surface area (Å²) in [7, 11) is 0. The Bertz CT molecular complexity index is 766. The third-order valence-electron chi connectivity index (χ3n) is 4.67. The molecule has 0 aliphatic carbocycles. The predicted octanol–water partition coefficient (Wildman–Crippen LogP) is 2.50. The molecule has 1 unspecified atom stereocenters. The van der Waals surface area contributed by atoms with Crippen LogP contribution in [0.1, 0.15) is 57.4 Å².